The summed E-state index contributed by atoms with van der Waals surface area (Å²) in [4.78, 5) is 12.5. The number of hydrogen-bond acceptors (Lipinski definition) is 5. The van der Waals surface area contributed by atoms with Gasteiger partial charge in [0.25, 0.3) is 0 Å². The highest BCUT2D eigenvalue weighted by Gasteiger charge is 2.18. The SMILES string of the molecule is CCOc1ccc(C(=O)C(CC)NCCCOC)cc1N. The summed E-state index contributed by atoms with van der Waals surface area (Å²) in [6, 6.07) is 5.01. The Balaban J connectivity index is 2.69. The maximum absolute atomic E-state index is 12.5. The second-order valence-electron chi connectivity index (χ2n) is 4.81. The van der Waals surface area contributed by atoms with E-state index in [0.29, 0.717) is 30.2 Å². The number of methoxy groups -OCH3 is 1. The van der Waals surface area contributed by atoms with Gasteiger partial charge in [-0.1, -0.05) is 6.92 Å². The van der Waals surface area contributed by atoms with Gasteiger partial charge in [-0.15, -0.1) is 0 Å². The number of nitrogen functional groups attached to an aromatic ring is 1. The van der Waals surface area contributed by atoms with Crippen molar-refractivity contribution in [1.29, 1.82) is 0 Å². The summed E-state index contributed by atoms with van der Waals surface area (Å²) < 4.78 is 10.4. The van der Waals surface area contributed by atoms with Gasteiger partial charge in [-0.25, -0.2) is 0 Å². The number of rotatable bonds is 10. The predicted octanol–water partition coefficient (Wildman–Crippen LogP) is 2.25. The molecule has 5 heteroatoms. The van der Waals surface area contributed by atoms with Crippen LogP contribution < -0.4 is 15.8 Å². The molecule has 5 nitrogen and oxygen atoms in total. The number of benzene rings is 1. The van der Waals surface area contributed by atoms with Gasteiger partial charge in [0.15, 0.2) is 5.78 Å². The minimum absolute atomic E-state index is 0.0599. The van der Waals surface area contributed by atoms with Gasteiger partial charge in [0, 0.05) is 19.3 Å². The van der Waals surface area contributed by atoms with Crippen LogP contribution >= 0.6 is 0 Å². The highest BCUT2D eigenvalue weighted by atomic mass is 16.5. The fraction of sp³-hybridized carbons (Fsp3) is 0.562. The van der Waals surface area contributed by atoms with E-state index in [1.165, 1.54) is 0 Å². The molecule has 0 amide bonds. The first-order valence-corrected chi connectivity index (χ1v) is 7.42. The van der Waals surface area contributed by atoms with E-state index in [9.17, 15) is 4.79 Å². The summed E-state index contributed by atoms with van der Waals surface area (Å²) in [5.74, 6) is 0.680. The van der Waals surface area contributed by atoms with Crippen molar-refractivity contribution in [2.45, 2.75) is 32.7 Å². The van der Waals surface area contributed by atoms with E-state index in [1.54, 1.807) is 25.3 Å². The van der Waals surface area contributed by atoms with Crippen LogP contribution in [0.4, 0.5) is 5.69 Å². The van der Waals surface area contributed by atoms with Crippen molar-refractivity contribution >= 4 is 11.5 Å². The summed E-state index contributed by atoms with van der Waals surface area (Å²) in [5.41, 5.74) is 7.02. The lowest BCUT2D eigenvalue weighted by molar-refractivity contribution is 0.0938. The topological polar surface area (TPSA) is 73.6 Å². The molecule has 0 aliphatic rings. The van der Waals surface area contributed by atoms with Crippen LogP contribution in [-0.2, 0) is 4.74 Å². The molecule has 1 aromatic carbocycles. The van der Waals surface area contributed by atoms with Crippen molar-refractivity contribution in [3.05, 3.63) is 23.8 Å². The van der Waals surface area contributed by atoms with E-state index >= 15 is 0 Å². The van der Waals surface area contributed by atoms with Crippen LogP contribution in [0.25, 0.3) is 0 Å². The Bertz CT molecular complexity index is 449. The Morgan fingerprint density at radius 2 is 2.14 bits per heavy atom. The second-order valence-corrected chi connectivity index (χ2v) is 4.81. The first-order valence-electron chi connectivity index (χ1n) is 7.42. The Kier molecular flexibility index (Phi) is 7.79. The number of nitrogens with two attached hydrogens (primary N) is 1. The van der Waals surface area contributed by atoms with Crippen LogP contribution in [0.1, 0.15) is 37.0 Å². The number of ketones is 1. The van der Waals surface area contributed by atoms with Crippen LogP contribution in [0.5, 0.6) is 5.75 Å². The summed E-state index contributed by atoms with van der Waals surface area (Å²) in [6.07, 6.45) is 1.62. The molecular weight excluding hydrogens is 268 g/mol. The molecule has 0 saturated carbocycles. The summed E-state index contributed by atoms with van der Waals surface area (Å²) >= 11 is 0. The van der Waals surface area contributed by atoms with Crippen LogP contribution in [0.15, 0.2) is 18.2 Å². The molecule has 3 N–H and O–H groups in total. The van der Waals surface area contributed by atoms with Gasteiger partial charge in [0.1, 0.15) is 5.75 Å². The molecule has 0 fully saturated rings. The quantitative estimate of drug-likeness (QED) is 0.393. The van der Waals surface area contributed by atoms with Crippen molar-refractivity contribution in [3.8, 4) is 5.75 Å². The Morgan fingerprint density at radius 1 is 1.38 bits per heavy atom. The zero-order valence-electron chi connectivity index (χ0n) is 13.1. The Morgan fingerprint density at radius 3 is 2.71 bits per heavy atom. The zero-order valence-corrected chi connectivity index (χ0v) is 13.1. The van der Waals surface area contributed by atoms with Crippen molar-refractivity contribution in [2.24, 2.45) is 0 Å². The summed E-state index contributed by atoms with van der Waals surface area (Å²) in [7, 11) is 1.67. The third-order valence-electron chi connectivity index (χ3n) is 3.23. The fourth-order valence-corrected chi connectivity index (χ4v) is 2.11. The van der Waals surface area contributed by atoms with Crippen molar-refractivity contribution in [1.82, 2.24) is 5.32 Å². The number of carbonyl (C=O) groups excluding carboxylic acids is 1. The van der Waals surface area contributed by atoms with E-state index in [2.05, 4.69) is 5.32 Å². The Hall–Kier alpha value is -1.59. The maximum atomic E-state index is 12.5. The zero-order chi connectivity index (χ0) is 15.7. The van der Waals surface area contributed by atoms with Crippen LogP contribution in [0.2, 0.25) is 0 Å². The van der Waals surface area contributed by atoms with E-state index in [1.807, 2.05) is 13.8 Å². The predicted molar refractivity (Wildman–Crippen MR) is 84.9 cm³/mol. The van der Waals surface area contributed by atoms with Crippen LogP contribution in [0.3, 0.4) is 0 Å². The monoisotopic (exact) mass is 294 g/mol. The average Bonchev–Trinajstić information content (AvgIpc) is 2.49. The standard InChI is InChI=1S/C16H26N2O3/c1-4-14(18-9-6-10-20-3)16(19)12-7-8-15(21-5-2)13(17)11-12/h7-8,11,14,18H,4-6,9-10,17H2,1-3H3. The second kappa shape index (κ2) is 9.37. The largest absolute Gasteiger partial charge is 0.492 e. The molecule has 0 saturated heterocycles. The molecule has 0 bridgehead atoms. The molecule has 0 aliphatic carbocycles. The van der Waals surface area contributed by atoms with Crippen molar-refractivity contribution < 1.29 is 14.3 Å². The molecular formula is C16H26N2O3. The molecule has 0 aromatic heterocycles. The number of nitrogens with one attached hydrogen (secondary N) is 1. The molecule has 0 spiro atoms. The van der Waals surface area contributed by atoms with Crippen LogP contribution in [-0.4, -0.2) is 38.7 Å². The first kappa shape index (κ1) is 17.5. The first-order chi connectivity index (χ1) is 10.1. The van der Waals surface area contributed by atoms with Crippen molar-refractivity contribution in [3.63, 3.8) is 0 Å². The van der Waals surface area contributed by atoms with Gasteiger partial charge in [-0.2, -0.15) is 0 Å². The smallest absolute Gasteiger partial charge is 0.179 e. The molecule has 1 aromatic rings. The van der Waals surface area contributed by atoms with E-state index in [4.69, 9.17) is 15.2 Å². The number of anilines is 1. The number of ether oxygens (including phenoxy) is 2. The van der Waals surface area contributed by atoms with Gasteiger partial charge in [-0.05, 0) is 44.5 Å². The van der Waals surface area contributed by atoms with Gasteiger partial charge in [0.05, 0.1) is 18.3 Å². The molecule has 1 atom stereocenters. The maximum Gasteiger partial charge on any atom is 0.179 e. The van der Waals surface area contributed by atoms with Gasteiger partial charge < -0.3 is 20.5 Å². The van der Waals surface area contributed by atoms with Crippen LogP contribution in [0, 0.1) is 0 Å². The van der Waals surface area contributed by atoms with Gasteiger partial charge >= 0.3 is 0 Å². The highest BCUT2D eigenvalue weighted by molar-refractivity contribution is 6.01. The average molecular weight is 294 g/mol. The van der Waals surface area contributed by atoms with E-state index in [0.717, 1.165) is 19.4 Å². The molecule has 0 aliphatic heterocycles. The minimum Gasteiger partial charge on any atom is -0.492 e. The highest BCUT2D eigenvalue weighted by Crippen LogP contribution is 2.23. The minimum atomic E-state index is -0.195. The van der Waals surface area contributed by atoms with Crippen molar-refractivity contribution in [2.75, 3.05) is 32.6 Å². The fourth-order valence-electron chi connectivity index (χ4n) is 2.11. The van der Waals surface area contributed by atoms with Gasteiger partial charge in [-0.3, -0.25) is 4.79 Å². The lowest BCUT2D eigenvalue weighted by Gasteiger charge is -2.16. The Labute approximate surface area is 126 Å². The number of Topliss-reactive ketones (excluding diaryl/α,β-unsaturated/α-hetero) is 1. The number of carbonyl (C=O) groups is 1. The normalized spacial score (nSPS) is 12.1. The molecule has 0 radical (unpaired) electrons. The summed E-state index contributed by atoms with van der Waals surface area (Å²) in [6.45, 7) is 5.88. The molecule has 21 heavy (non-hydrogen) atoms. The number of hydrogen-bond donors (Lipinski definition) is 2. The summed E-state index contributed by atoms with van der Waals surface area (Å²) in [5, 5.41) is 3.26. The molecule has 1 rings (SSSR count). The van der Waals surface area contributed by atoms with E-state index < -0.39 is 0 Å². The molecule has 0 heterocycles. The lowest BCUT2D eigenvalue weighted by Crippen LogP contribution is -2.37. The molecule has 1 unspecified atom stereocenters. The molecule has 118 valence electrons. The third kappa shape index (κ3) is 5.36. The third-order valence-corrected chi connectivity index (χ3v) is 3.23. The lowest BCUT2D eigenvalue weighted by atomic mass is 10.0. The van der Waals surface area contributed by atoms with E-state index in [-0.39, 0.29) is 11.8 Å². The van der Waals surface area contributed by atoms with Gasteiger partial charge in [0.2, 0.25) is 0 Å².